The summed E-state index contributed by atoms with van der Waals surface area (Å²) in [6.07, 6.45) is -0.291. The highest BCUT2D eigenvalue weighted by atomic mass is 15.3. The molecule has 8 aromatic carbocycles. The van der Waals surface area contributed by atoms with Gasteiger partial charge in [0.25, 0.3) is 0 Å². The monoisotopic (exact) mass is 746 g/mol. The van der Waals surface area contributed by atoms with E-state index in [9.17, 15) is 0 Å². The van der Waals surface area contributed by atoms with Crippen LogP contribution in [-0.4, -0.2) is 10.4 Å². The molecule has 0 amide bonds. The van der Waals surface area contributed by atoms with Gasteiger partial charge in [-0.1, -0.05) is 172 Å². The summed E-state index contributed by atoms with van der Waals surface area (Å²) >= 11 is 0. The SMILES string of the molecule is CC1(C)c2ccccc2-c2ccc(-c3ccc(-c4ccc5c(c4)c4ccccc4n5-c4ccc(C5NC(c6ccccc6)=NC(c6ccccc6)N5)cc4)cc3)cc21. The van der Waals surface area contributed by atoms with Gasteiger partial charge in [0.1, 0.15) is 18.2 Å². The van der Waals surface area contributed by atoms with E-state index < -0.39 is 0 Å². The van der Waals surface area contributed by atoms with Gasteiger partial charge < -0.3 is 9.88 Å². The fourth-order valence-electron chi connectivity index (χ4n) is 9.26. The molecule has 0 saturated carbocycles. The summed E-state index contributed by atoms with van der Waals surface area (Å²) in [5.41, 5.74) is 17.3. The highest BCUT2D eigenvalue weighted by Crippen LogP contribution is 2.49. The highest BCUT2D eigenvalue weighted by Gasteiger charge is 2.35. The molecule has 4 heteroatoms. The predicted octanol–water partition coefficient (Wildman–Crippen LogP) is 12.8. The number of amidine groups is 1. The first kappa shape index (κ1) is 34.3. The Morgan fingerprint density at radius 2 is 1.07 bits per heavy atom. The molecule has 1 aliphatic carbocycles. The molecular weight excluding hydrogens is 705 g/mol. The van der Waals surface area contributed by atoms with Crippen LogP contribution in [0.4, 0.5) is 0 Å². The number of hydrogen-bond donors (Lipinski definition) is 2. The first-order valence-corrected chi connectivity index (χ1v) is 20.2. The van der Waals surface area contributed by atoms with Crippen molar-refractivity contribution >= 4 is 27.6 Å². The van der Waals surface area contributed by atoms with E-state index in [0.717, 1.165) is 28.2 Å². The topological polar surface area (TPSA) is 41.4 Å². The van der Waals surface area contributed by atoms with Crippen LogP contribution < -0.4 is 10.6 Å². The third-order valence-corrected chi connectivity index (χ3v) is 12.3. The zero-order valence-corrected chi connectivity index (χ0v) is 32.5. The number of aliphatic imine (C=N–C) groups is 1. The average Bonchev–Trinajstić information content (AvgIpc) is 3.74. The average molecular weight is 747 g/mol. The number of benzene rings is 8. The van der Waals surface area contributed by atoms with Crippen molar-refractivity contribution in [2.75, 3.05) is 0 Å². The van der Waals surface area contributed by atoms with Crippen LogP contribution in [-0.2, 0) is 5.41 Å². The lowest BCUT2D eigenvalue weighted by atomic mass is 9.81. The summed E-state index contributed by atoms with van der Waals surface area (Å²) in [6, 6.07) is 70.3. The molecule has 9 aromatic rings. The maximum atomic E-state index is 5.08. The van der Waals surface area contributed by atoms with Gasteiger partial charge in [0.05, 0.1) is 11.0 Å². The number of fused-ring (bicyclic) bond motifs is 6. The lowest BCUT2D eigenvalue weighted by Crippen LogP contribution is -2.44. The summed E-state index contributed by atoms with van der Waals surface area (Å²) in [5, 5.41) is 9.91. The van der Waals surface area contributed by atoms with Gasteiger partial charge in [0, 0.05) is 27.4 Å². The molecule has 2 N–H and O–H groups in total. The van der Waals surface area contributed by atoms with E-state index in [1.54, 1.807) is 0 Å². The van der Waals surface area contributed by atoms with Gasteiger partial charge in [0.15, 0.2) is 0 Å². The van der Waals surface area contributed by atoms with Crippen molar-refractivity contribution in [3.05, 3.63) is 222 Å². The number of nitrogens with zero attached hydrogens (tertiary/aromatic N) is 2. The van der Waals surface area contributed by atoms with E-state index in [0.29, 0.717) is 0 Å². The lowest BCUT2D eigenvalue weighted by Gasteiger charge is -2.32. The summed E-state index contributed by atoms with van der Waals surface area (Å²) in [7, 11) is 0. The van der Waals surface area contributed by atoms with Crippen LogP contribution in [0.25, 0.3) is 60.9 Å². The van der Waals surface area contributed by atoms with Gasteiger partial charge in [-0.25, -0.2) is 4.99 Å². The Bertz CT molecular complexity index is 3010. The van der Waals surface area contributed by atoms with E-state index in [-0.39, 0.29) is 17.7 Å². The van der Waals surface area contributed by atoms with Crippen LogP contribution in [0, 0.1) is 0 Å². The number of aromatic nitrogens is 1. The molecule has 11 rings (SSSR count). The second-order valence-electron chi connectivity index (χ2n) is 16.1. The Balaban J connectivity index is 0.902. The minimum atomic E-state index is -0.171. The summed E-state index contributed by atoms with van der Waals surface area (Å²) in [6.45, 7) is 4.69. The number of hydrogen-bond acceptors (Lipinski definition) is 3. The normalized spacial score (nSPS) is 16.8. The Morgan fingerprint density at radius 1 is 0.466 bits per heavy atom. The molecule has 0 bridgehead atoms. The van der Waals surface area contributed by atoms with Gasteiger partial charge in [-0.05, 0) is 92.0 Å². The van der Waals surface area contributed by atoms with Gasteiger partial charge in [0.2, 0.25) is 0 Å². The van der Waals surface area contributed by atoms with Crippen LogP contribution in [0.15, 0.2) is 199 Å². The Hall–Kier alpha value is -7.01. The predicted molar refractivity (Wildman–Crippen MR) is 240 cm³/mol. The second kappa shape index (κ2) is 13.6. The standard InChI is InChI=1S/C54H42N4/c1-54(2)47-19-11-9-17-43(47)44-31-27-41(34-48(44)54)36-23-21-35(22-24-36)40-28-32-50-46(33-40)45-18-10-12-20-49(45)58(50)42-29-25-39(26-30-42)53-56-51(37-13-5-3-6-14-37)55-52(57-53)38-15-7-4-8-16-38/h3-34,51,53,56H,1-2H3,(H,55,57). The number of rotatable bonds is 6. The van der Waals surface area contributed by atoms with Crippen LogP contribution in [0.1, 0.15) is 54.0 Å². The van der Waals surface area contributed by atoms with E-state index in [1.165, 1.54) is 66.3 Å². The fourth-order valence-corrected chi connectivity index (χ4v) is 9.26. The van der Waals surface area contributed by atoms with Crippen LogP contribution >= 0.6 is 0 Å². The smallest absolute Gasteiger partial charge is 0.131 e. The van der Waals surface area contributed by atoms with Crippen LogP contribution in [0.2, 0.25) is 0 Å². The second-order valence-corrected chi connectivity index (χ2v) is 16.1. The summed E-state index contributed by atoms with van der Waals surface area (Å²) in [5.74, 6) is 0.883. The molecule has 4 nitrogen and oxygen atoms in total. The first-order chi connectivity index (χ1) is 28.5. The molecule has 1 aliphatic heterocycles. The molecule has 278 valence electrons. The summed E-state index contributed by atoms with van der Waals surface area (Å²) < 4.78 is 2.39. The number of para-hydroxylation sites is 1. The molecule has 0 radical (unpaired) electrons. The van der Waals surface area contributed by atoms with Crippen molar-refractivity contribution in [2.45, 2.75) is 31.6 Å². The maximum Gasteiger partial charge on any atom is 0.131 e. The third-order valence-electron chi connectivity index (χ3n) is 12.3. The van der Waals surface area contributed by atoms with Crippen molar-refractivity contribution < 1.29 is 0 Å². The number of nitrogens with one attached hydrogen (secondary N) is 2. The lowest BCUT2D eigenvalue weighted by molar-refractivity contribution is 0.409. The quantitative estimate of drug-likeness (QED) is 0.178. The van der Waals surface area contributed by atoms with Crippen molar-refractivity contribution in [3.8, 4) is 39.1 Å². The van der Waals surface area contributed by atoms with Crippen molar-refractivity contribution in [1.82, 2.24) is 15.2 Å². The molecule has 0 saturated heterocycles. The van der Waals surface area contributed by atoms with Crippen molar-refractivity contribution in [1.29, 1.82) is 0 Å². The van der Waals surface area contributed by atoms with Gasteiger partial charge in [-0.15, -0.1) is 0 Å². The van der Waals surface area contributed by atoms with Gasteiger partial charge in [-0.2, -0.15) is 0 Å². The van der Waals surface area contributed by atoms with E-state index >= 15 is 0 Å². The maximum absolute atomic E-state index is 5.08. The summed E-state index contributed by atoms with van der Waals surface area (Å²) in [4.78, 5) is 5.08. The highest BCUT2D eigenvalue weighted by molar-refractivity contribution is 6.10. The zero-order valence-electron chi connectivity index (χ0n) is 32.5. The van der Waals surface area contributed by atoms with Crippen molar-refractivity contribution in [3.63, 3.8) is 0 Å². The molecule has 0 spiro atoms. The van der Waals surface area contributed by atoms with E-state index in [2.05, 4.69) is 211 Å². The van der Waals surface area contributed by atoms with Crippen LogP contribution in [0.5, 0.6) is 0 Å². The third kappa shape index (κ3) is 5.68. The minimum absolute atomic E-state index is 0.0175. The van der Waals surface area contributed by atoms with Crippen LogP contribution in [0.3, 0.4) is 0 Å². The zero-order chi connectivity index (χ0) is 38.8. The largest absolute Gasteiger partial charge is 0.350 e. The minimum Gasteiger partial charge on any atom is -0.350 e. The molecule has 1 aromatic heterocycles. The van der Waals surface area contributed by atoms with E-state index in [1.807, 2.05) is 12.1 Å². The Morgan fingerprint density at radius 3 is 1.84 bits per heavy atom. The van der Waals surface area contributed by atoms with Gasteiger partial charge >= 0.3 is 0 Å². The first-order valence-electron chi connectivity index (χ1n) is 20.2. The van der Waals surface area contributed by atoms with Gasteiger partial charge in [-0.3, -0.25) is 5.32 Å². The molecule has 58 heavy (non-hydrogen) atoms. The molecule has 2 aliphatic rings. The molecule has 0 fully saturated rings. The van der Waals surface area contributed by atoms with Crippen molar-refractivity contribution in [2.24, 2.45) is 4.99 Å². The fraction of sp³-hybridized carbons (Fsp3) is 0.0926. The Kier molecular flexibility index (Phi) is 8.02. The molecule has 2 heterocycles. The molecule has 2 unspecified atom stereocenters. The Labute approximate surface area is 339 Å². The van der Waals surface area contributed by atoms with E-state index in [4.69, 9.17) is 4.99 Å². The molecule has 2 atom stereocenters. The molecular formula is C54H42N4.